The highest BCUT2D eigenvalue weighted by Gasteiger charge is 2.30. The lowest BCUT2D eigenvalue weighted by atomic mass is 10.0. The average Bonchev–Trinajstić information content (AvgIpc) is 3.17. The normalized spacial score (nSPS) is 15.7. The van der Waals surface area contributed by atoms with Gasteiger partial charge >= 0.3 is 5.97 Å². The predicted octanol–water partition coefficient (Wildman–Crippen LogP) is 3.48. The molecule has 35 heavy (non-hydrogen) atoms. The van der Waals surface area contributed by atoms with Crippen LogP contribution >= 0.6 is 11.3 Å². The van der Waals surface area contributed by atoms with Crippen molar-refractivity contribution in [3.63, 3.8) is 0 Å². The first kappa shape index (κ1) is 24.2. The Morgan fingerprint density at radius 2 is 1.83 bits per heavy atom. The molecule has 4 rings (SSSR count). The van der Waals surface area contributed by atoms with E-state index in [9.17, 15) is 9.59 Å². The Bertz CT molecular complexity index is 1480. The van der Waals surface area contributed by atoms with Crippen molar-refractivity contribution < 1.29 is 19.0 Å². The molecule has 0 saturated carbocycles. The van der Waals surface area contributed by atoms with E-state index >= 15 is 0 Å². The third-order valence-electron chi connectivity index (χ3n) is 5.54. The van der Waals surface area contributed by atoms with E-state index in [2.05, 4.69) is 4.99 Å². The van der Waals surface area contributed by atoms with Gasteiger partial charge in [0, 0.05) is 0 Å². The minimum Gasteiger partial charge on any atom is -0.493 e. The van der Waals surface area contributed by atoms with Gasteiger partial charge < -0.3 is 14.2 Å². The number of esters is 1. The van der Waals surface area contributed by atoms with Gasteiger partial charge in [0.2, 0.25) is 0 Å². The highest BCUT2D eigenvalue weighted by atomic mass is 32.1. The highest BCUT2D eigenvalue weighted by molar-refractivity contribution is 7.07. The number of carbonyl (C=O) groups is 1. The quantitative estimate of drug-likeness (QED) is 0.474. The van der Waals surface area contributed by atoms with Crippen LogP contribution in [0.3, 0.4) is 0 Å². The fourth-order valence-electron chi connectivity index (χ4n) is 3.88. The van der Waals surface area contributed by atoms with Crippen molar-refractivity contribution in [2.75, 3.05) is 20.8 Å². The van der Waals surface area contributed by atoms with Gasteiger partial charge in [-0.15, -0.1) is 0 Å². The lowest BCUT2D eigenvalue weighted by molar-refractivity contribution is -0.139. The summed E-state index contributed by atoms with van der Waals surface area (Å²) in [6.07, 6.45) is 5.53. The van der Waals surface area contributed by atoms with Crippen LogP contribution < -0.4 is 24.4 Å². The highest BCUT2D eigenvalue weighted by Crippen LogP contribution is 2.28. The molecule has 1 aliphatic heterocycles. The van der Waals surface area contributed by atoms with Crippen LogP contribution in [0.1, 0.15) is 31.0 Å². The number of aromatic nitrogens is 1. The van der Waals surface area contributed by atoms with Crippen molar-refractivity contribution in [2.24, 2.45) is 4.99 Å². The van der Waals surface area contributed by atoms with Crippen LogP contribution in [0.5, 0.6) is 11.5 Å². The lowest BCUT2D eigenvalue weighted by Gasteiger charge is -2.21. The number of hydrogen-bond acceptors (Lipinski definition) is 7. The smallest absolute Gasteiger partial charge is 0.338 e. The van der Waals surface area contributed by atoms with Gasteiger partial charge in [-0.25, -0.2) is 9.79 Å². The molecule has 0 aliphatic carbocycles. The van der Waals surface area contributed by atoms with E-state index in [-0.39, 0.29) is 12.2 Å². The van der Waals surface area contributed by atoms with Crippen molar-refractivity contribution in [1.82, 2.24) is 4.57 Å². The van der Waals surface area contributed by atoms with Gasteiger partial charge in [0.1, 0.15) is 0 Å². The molecule has 8 heteroatoms. The summed E-state index contributed by atoms with van der Waals surface area (Å²) in [6.45, 7) is 3.75. The molecule has 0 saturated heterocycles. The van der Waals surface area contributed by atoms with Gasteiger partial charge in [-0.05, 0) is 43.2 Å². The van der Waals surface area contributed by atoms with E-state index in [1.54, 1.807) is 50.8 Å². The molecule has 0 spiro atoms. The molecule has 1 unspecified atom stereocenters. The first-order chi connectivity index (χ1) is 17.0. The molecular weight excluding hydrogens is 464 g/mol. The van der Waals surface area contributed by atoms with E-state index in [1.165, 1.54) is 11.3 Å². The summed E-state index contributed by atoms with van der Waals surface area (Å²) >= 11 is 1.27. The van der Waals surface area contributed by atoms with Crippen LogP contribution in [0, 0.1) is 0 Å². The number of nitrogens with zero attached hydrogens (tertiary/aromatic N) is 2. The second kappa shape index (κ2) is 10.6. The van der Waals surface area contributed by atoms with Gasteiger partial charge in [-0.2, -0.15) is 0 Å². The second-order valence-electron chi connectivity index (χ2n) is 7.73. The second-order valence-corrected chi connectivity index (χ2v) is 8.74. The number of allylic oxidation sites excluding steroid dienone is 2. The summed E-state index contributed by atoms with van der Waals surface area (Å²) in [5.41, 5.74) is 2.39. The molecule has 7 nitrogen and oxygen atoms in total. The first-order valence-electron chi connectivity index (χ1n) is 11.1. The molecule has 180 valence electrons. The van der Waals surface area contributed by atoms with Gasteiger partial charge in [0.25, 0.3) is 5.56 Å². The molecule has 1 aliphatic rings. The van der Waals surface area contributed by atoms with Gasteiger partial charge in [-0.3, -0.25) is 9.36 Å². The number of rotatable bonds is 7. The van der Waals surface area contributed by atoms with Crippen LogP contribution in [0.15, 0.2) is 75.7 Å². The molecule has 2 heterocycles. The van der Waals surface area contributed by atoms with Gasteiger partial charge in [0.15, 0.2) is 16.3 Å². The number of hydrogen-bond donors (Lipinski definition) is 0. The van der Waals surface area contributed by atoms with Crippen LogP contribution in [-0.4, -0.2) is 31.4 Å². The Balaban J connectivity index is 1.86. The van der Waals surface area contributed by atoms with Crippen LogP contribution in [0.4, 0.5) is 0 Å². The summed E-state index contributed by atoms with van der Waals surface area (Å²) in [5.74, 6) is 0.690. The van der Waals surface area contributed by atoms with Crippen molar-refractivity contribution in [3.8, 4) is 11.5 Å². The van der Waals surface area contributed by atoms with E-state index < -0.39 is 12.0 Å². The Kier molecular flexibility index (Phi) is 7.31. The number of benzene rings is 2. The summed E-state index contributed by atoms with van der Waals surface area (Å²) in [6, 6.07) is 14.5. The standard InChI is InChI=1S/C27H26N2O5S/c1-5-34-26(31)24-17(2)28-27-29(20(24)13-11-18-9-7-6-8-10-18)25(30)23(35-27)16-19-12-14-21(32-3)22(15-19)33-4/h6-16,20H,5H2,1-4H3/b13-11+,23-16-. The predicted molar refractivity (Wildman–Crippen MR) is 136 cm³/mol. The summed E-state index contributed by atoms with van der Waals surface area (Å²) in [5, 5.41) is 0. The zero-order valence-electron chi connectivity index (χ0n) is 20.0. The van der Waals surface area contributed by atoms with Crippen molar-refractivity contribution >= 4 is 29.5 Å². The monoisotopic (exact) mass is 490 g/mol. The number of ether oxygens (including phenoxy) is 3. The SMILES string of the molecule is CCOC(=O)C1=C(C)N=c2s/c(=C\c3ccc(OC)c(OC)c3)c(=O)n2C1/C=C/c1ccccc1. The molecule has 0 radical (unpaired) electrons. The van der Waals surface area contributed by atoms with E-state index in [0.717, 1.165) is 11.1 Å². The summed E-state index contributed by atoms with van der Waals surface area (Å²) < 4.78 is 18.0. The number of carbonyl (C=O) groups excluding carboxylic acids is 1. The molecular formula is C27H26N2O5S. The first-order valence-corrected chi connectivity index (χ1v) is 11.9. The Labute approximate surface area is 206 Å². The topological polar surface area (TPSA) is 79.1 Å². The molecule has 2 aromatic carbocycles. The summed E-state index contributed by atoms with van der Waals surface area (Å²) in [4.78, 5) is 31.5. The number of fused-ring (bicyclic) bond motifs is 1. The molecule has 3 aromatic rings. The molecule has 0 fully saturated rings. The Hall–Kier alpha value is -3.91. The fraction of sp³-hybridized carbons (Fsp3) is 0.222. The third kappa shape index (κ3) is 4.97. The van der Waals surface area contributed by atoms with E-state index in [1.807, 2.05) is 48.6 Å². The lowest BCUT2D eigenvalue weighted by Crippen LogP contribution is -2.38. The number of methoxy groups -OCH3 is 2. The largest absolute Gasteiger partial charge is 0.493 e. The average molecular weight is 491 g/mol. The van der Waals surface area contributed by atoms with Crippen molar-refractivity contribution in [2.45, 2.75) is 19.9 Å². The van der Waals surface area contributed by atoms with Crippen LogP contribution in [0.25, 0.3) is 12.2 Å². The maximum atomic E-state index is 13.6. The van der Waals surface area contributed by atoms with Crippen molar-refractivity contribution in [1.29, 1.82) is 0 Å². The van der Waals surface area contributed by atoms with Crippen LogP contribution in [0.2, 0.25) is 0 Å². The zero-order valence-corrected chi connectivity index (χ0v) is 20.8. The fourth-order valence-corrected chi connectivity index (χ4v) is 4.93. The molecule has 0 N–H and O–H groups in total. The molecule has 0 bridgehead atoms. The van der Waals surface area contributed by atoms with Gasteiger partial charge in [0.05, 0.1) is 42.7 Å². The maximum Gasteiger partial charge on any atom is 0.338 e. The zero-order chi connectivity index (χ0) is 24.9. The summed E-state index contributed by atoms with van der Waals surface area (Å²) in [7, 11) is 3.14. The Morgan fingerprint density at radius 1 is 1.09 bits per heavy atom. The molecule has 0 amide bonds. The van der Waals surface area contributed by atoms with Crippen molar-refractivity contribution in [3.05, 3.63) is 96.7 Å². The van der Waals surface area contributed by atoms with E-state index in [0.29, 0.717) is 32.1 Å². The minimum absolute atomic E-state index is 0.231. The maximum absolute atomic E-state index is 13.6. The third-order valence-corrected chi connectivity index (χ3v) is 6.52. The van der Waals surface area contributed by atoms with Gasteiger partial charge in [-0.1, -0.05) is 59.9 Å². The van der Waals surface area contributed by atoms with E-state index in [4.69, 9.17) is 14.2 Å². The minimum atomic E-state index is -0.641. The van der Waals surface area contributed by atoms with Crippen LogP contribution in [-0.2, 0) is 9.53 Å². The Morgan fingerprint density at radius 3 is 2.51 bits per heavy atom. The molecule has 1 aromatic heterocycles. The molecule has 1 atom stereocenters. The number of thiazole rings is 1.